The van der Waals surface area contributed by atoms with Gasteiger partial charge in [-0.05, 0) is 121 Å². The molecule has 10 heteroatoms. The Labute approximate surface area is 376 Å². The highest BCUT2D eigenvalue weighted by Gasteiger charge is 2.54. The van der Waals surface area contributed by atoms with Crippen LogP contribution < -0.4 is 0 Å². The minimum atomic E-state index is -1.53. The normalized spacial score (nSPS) is 23.7. The van der Waals surface area contributed by atoms with Crippen LogP contribution in [0.3, 0.4) is 0 Å². The summed E-state index contributed by atoms with van der Waals surface area (Å²) >= 11 is 0. The summed E-state index contributed by atoms with van der Waals surface area (Å²) in [5, 5.41) is 0. The van der Waals surface area contributed by atoms with Crippen LogP contribution in [0, 0.1) is 5.92 Å². The number of rotatable bonds is 14. The Morgan fingerprint density at radius 1 is 0.625 bits per heavy atom. The molecular weight excluding hydrogens is 809 g/mol. The Morgan fingerprint density at radius 2 is 1.09 bits per heavy atom. The highest BCUT2D eigenvalue weighted by Crippen LogP contribution is 2.34. The summed E-state index contributed by atoms with van der Waals surface area (Å²) in [5.41, 5.74) is 3.82. The van der Waals surface area contributed by atoms with Gasteiger partial charge in [-0.1, -0.05) is 120 Å². The van der Waals surface area contributed by atoms with Gasteiger partial charge < -0.3 is 28.4 Å². The third-order valence-electron chi connectivity index (χ3n) is 11.3. The van der Waals surface area contributed by atoms with Gasteiger partial charge in [-0.15, -0.1) is 0 Å². The van der Waals surface area contributed by atoms with E-state index >= 15 is 0 Å². The first kappa shape index (κ1) is 47.1. The Bertz CT molecular complexity index is 2300. The number of allylic oxidation sites excluding steroid dienone is 7. The molecular formula is C54H58O10. The summed E-state index contributed by atoms with van der Waals surface area (Å²) in [6.07, 6.45) is 8.50. The van der Waals surface area contributed by atoms with Gasteiger partial charge in [0.25, 0.3) is 0 Å². The van der Waals surface area contributed by atoms with Crippen LogP contribution in [0.1, 0.15) is 108 Å². The molecule has 4 aromatic carbocycles. The topological polar surface area (TPSA) is 124 Å². The molecule has 0 amide bonds. The molecule has 1 fully saturated rings. The van der Waals surface area contributed by atoms with E-state index in [-0.39, 0.29) is 22.3 Å². The largest absolute Gasteiger partial charge is 0.459 e. The van der Waals surface area contributed by atoms with Crippen molar-refractivity contribution >= 4 is 23.9 Å². The molecule has 0 bridgehead atoms. The lowest BCUT2D eigenvalue weighted by molar-refractivity contribution is -0.314. The van der Waals surface area contributed by atoms with E-state index in [0.717, 1.165) is 32.1 Å². The van der Waals surface area contributed by atoms with Crippen molar-refractivity contribution in [3.63, 3.8) is 0 Å². The van der Waals surface area contributed by atoms with E-state index in [0.29, 0.717) is 5.92 Å². The molecule has 2 aliphatic rings. The van der Waals surface area contributed by atoms with E-state index in [4.69, 9.17) is 28.4 Å². The highest BCUT2D eigenvalue weighted by molar-refractivity contribution is 5.91. The van der Waals surface area contributed by atoms with Crippen LogP contribution in [-0.2, 0) is 28.4 Å². The van der Waals surface area contributed by atoms with Crippen molar-refractivity contribution in [3.8, 4) is 0 Å². The number of carbonyl (C=O) groups excluding carboxylic acids is 4. The zero-order valence-corrected chi connectivity index (χ0v) is 37.2. The number of hydrogen-bond donors (Lipinski definition) is 0. The van der Waals surface area contributed by atoms with Crippen molar-refractivity contribution in [1.29, 1.82) is 0 Å². The third kappa shape index (κ3) is 13.6. The summed E-state index contributed by atoms with van der Waals surface area (Å²) in [5.74, 6) is -2.65. The number of esters is 4. The first-order valence-electron chi connectivity index (χ1n) is 21.9. The fourth-order valence-electron chi connectivity index (χ4n) is 7.56. The SMILES string of the molecule is C/C1=C\C[C@@H](/C(C)=C/C=C/C(C)(C)O[C@@H]2O[C@H](COC(=O)c3ccccc3)[C@H](OC(=O)c3ccccc3)[C@H](OC(=O)c3ccccc3)[C@H]2OC(=O)c2ccccc2)CC/C(C)=C/CC1. The van der Waals surface area contributed by atoms with E-state index < -0.39 is 66.8 Å². The van der Waals surface area contributed by atoms with Crippen LogP contribution in [-0.4, -0.2) is 66.8 Å². The van der Waals surface area contributed by atoms with Crippen LogP contribution in [0.15, 0.2) is 168 Å². The molecule has 6 rings (SSSR count). The highest BCUT2D eigenvalue weighted by atomic mass is 16.7. The van der Waals surface area contributed by atoms with Crippen molar-refractivity contribution in [3.05, 3.63) is 191 Å². The molecule has 64 heavy (non-hydrogen) atoms. The standard InChI is InChI=1S/C54H58O10/c1-37-20-18-21-38(2)32-34-40(33-31-37)39(3)22-19-35-54(4,5)64-53-48(63-52(58)44-29-16-9-17-30-44)47(62-51(57)43-27-14-8-15-28-43)46(61-50(56)42-25-12-7-13-26-42)45(60-53)36-59-49(55)41-23-10-6-11-24-41/h6-17,19-20,22-30,32,35,40,45-48,53H,18,21,31,33-34,36H2,1-5H3/b35-19+,37-20+,38-32+,39-22+/t40-,45+,46-,47-,48+,53-/m0/s1. The van der Waals surface area contributed by atoms with E-state index in [1.54, 1.807) is 121 Å². The fourth-order valence-corrected chi connectivity index (χ4v) is 7.56. The van der Waals surface area contributed by atoms with Crippen LogP contribution in [0.4, 0.5) is 0 Å². The van der Waals surface area contributed by atoms with Gasteiger partial charge in [-0.25, -0.2) is 19.2 Å². The minimum absolute atomic E-state index is 0.192. The zero-order chi connectivity index (χ0) is 45.5. The Morgan fingerprint density at radius 3 is 1.62 bits per heavy atom. The van der Waals surface area contributed by atoms with E-state index in [1.807, 2.05) is 26.0 Å². The molecule has 334 valence electrons. The second-order valence-electron chi connectivity index (χ2n) is 16.8. The molecule has 0 N–H and O–H groups in total. The van der Waals surface area contributed by atoms with Gasteiger partial charge in [0.1, 0.15) is 12.7 Å². The van der Waals surface area contributed by atoms with E-state index in [1.165, 1.54) is 16.7 Å². The molecule has 1 heterocycles. The van der Waals surface area contributed by atoms with Gasteiger partial charge >= 0.3 is 23.9 Å². The predicted molar refractivity (Wildman–Crippen MR) is 244 cm³/mol. The van der Waals surface area contributed by atoms with Crippen molar-refractivity contribution in [2.24, 2.45) is 5.92 Å². The summed E-state index contributed by atoms with van der Waals surface area (Å²) in [6.45, 7) is 9.73. The fraction of sp³-hybridized carbons (Fsp3) is 0.333. The van der Waals surface area contributed by atoms with Gasteiger partial charge in [0.15, 0.2) is 24.6 Å². The smallest absolute Gasteiger partial charge is 0.338 e. The molecule has 0 saturated carbocycles. The summed E-state index contributed by atoms with van der Waals surface area (Å²) in [6, 6.07) is 33.2. The second-order valence-corrected chi connectivity index (χ2v) is 16.8. The maximum atomic E-state index is 14.0. The minimum Gasteiger partial charge on any atom is -0.459 e. The number of ether oxygens (including phenoxy) is 6. The van der Waals surface area contributed by atoms with Crippen molar-refractivity contribution in [1.82, 2.24) is 0 Å². The van der Waals surface area contributed by atoms with E-state index in [9.17, 15) is 19.2 Å². The Kier molecular flexibility index (Phi) is 16.8. The van der Waals surface area contributed by atoms with Crippen LogP contribution >= 0.6 is 0 Å². The lowest BCUT2D eigenvalue weighted by atomic mass is 9.88. The van der Waals surface area contributed by atoms with Gasteiger partial charge in [0.2, 0.25) is 0 Å². The molecule has 6 atom stereocenters. The molecule has 1 aliphatic heterocycles. The molecule has 0 aromatic heterocycles. The summed E-state index contributed by atoms with van der Waals surface area (Å²) < 4.78 is 37.7. The van der Waals surface area contributed by atoms with Gasteiger partial charge in [-0.2, -0.15) is 0 Å². The lowest BCUT2D eigenvalue weighted by Crippen LogP contribution is -2.64. The first-order valence-corrected chi connectivity index (χ1v) is 21.9. The molecule has 4 aromatic rings. The first-order chi connectivity index (χ1) is 30.9. The van der Waals surface area contributed by atoms with Crippen molar-refractivity contribution < 1.29 is 47.6 Å². The van der Waals surface area contributed by atoms with Crippen molar-refractivity contribution in [2.45, 2.75) is 103 Å². The van der Waals surface area contributed by atoms with Gasteiger partial charge in [-0.3, -0.25) is 0 Å². The van der Waals surface area contributed by atoms with Crippen LogP contribution in [0.2, 0.25) is 0 Å². The average molecular weight is 867 g/mol. The maximum Gasteiger partial charge on any atom is 0.338 e. The zero-order valence-electron chi connectivity index (χ0n) is 37.2. The second kappa shape index (κ2) is 22.8. The Hall–Kier alpha value is -6.36. The quantitative estimate of drug-likeness (QED) is 0.0524. The van der Waals surface area contributed by atoms with Gasteiger partial charge in [0, 0.05) is 0 Å². The molecule has 1 saturated heterocycles. The number of benzene rings is 4. The monoisotopic (exact) mass is 866 g/mol. The predicted octanol–water partition coefficient (Wildman–Crippen LogP) is 11.0. The Balaban J connectivity index is 1.37. The van der Waals surface area contributed by atoms with Crippen LogP contribution in [0.5, 0.6) is 0 Å². The van der Waals surface area contributed by atoms with E-state index in [2.05, 4.69) is 39.0 Å². The molecule has 0 unspecified atom stereocenters. The molecule has 10 nitrogen and oxygen atoms in total. The summed E-state index contributed by atoms with van der Waals surface area (Å²) in [4.78, 5) is 55.2. The molecule has 0 radical (unpaired) electrons. The van der Waals surface area contributed by atoms with Crippen molar-refractivity contribution in [2.75, 3.05) is 6.61 Å². The number of hydrogen-bond acceptors (Lipinski definition) is 10. The summed E-state index contributed by atoms with van der Waals surface area (Å²) in [7, 11) is 0. The molecule has 0 spiro atoms. The maximum absolute atomic E-state index is 14.0. The lowest BCUT2D eigenvalue weighted by Gasteiger charge is -2.45. The average Bonchev–Trinajstić information content (AvgIpc) is 3.30. The van der Waals surface area contributed by atoms with Crippen LogP contribution in [0.25, 0.3) is 0 Å². The molecule has 1 aliphatic carbocycles. The number of carbonyl (C=O) groups is 4. The third-order valence-corrected chi connectivity index (χ3v) is 11.3. The van der Waals surface area contributed by atoms with Gasteiger partial charge in [0.05, 0.1) is 27.9 Å².